The summed E-state index contributed by atoms with van der Waals surface area (Å²) in [6.07, 6.45) is 15.2. The summed E-state index contributed by atoms with van der Waals surface area (Å²) < 4.78 is 0. The van der Waals surface area contributed by atoms with Gasteiger partial charge in [0.25, 0.3) is 0 Å². The molecule has 0 saturated carbocycles. The molecule has 1 fully saturated rings. The van der Waals surface area contributed by atoms with Gasteiger partial charge in [0.1, 0.15) is 0 Å². The molecule has 0 unspecified atom stereocenters. The smallest absolute Gasteiger partial charge is 0.338 e. The Labute approximate surface area is 136 Å². The fourth-order valence-electron chi connectivity index (χ4n) is 3.23. The van der Waals surface area contributed by atoms with Gasteiger partial charge in [-0.2, -0.15) is 0 Å². The molecule has 0 aromatic heterocycles. The SMILES string of the molecule is CCCCCCCCCCC1(C(=O)O)NCCCCCCN1. The van der Waals surface area contributed by atoms with E-state index in [1.807, 2.05) is 0 Å². The van der Waals surface area contributed by atoms with Crippen molar-refractivity contribution < 1.29 is 9.90 Å². The molecule has 1 heterocycles. The van der Waals surface area contributed by atoms with Gasteiger partial charge in [0.05, 0.1) is 0 Å². The molecule has 1 saturated heterocycles. The molecule has 0 aromatic carbocycles. The van der Waals surface area contributed by atoms with E-state index >= 15 is 0 Å². The third-order valence-electron chi connectivity index (χ3n) is 4.73. The number of rotatable bonds is 10. The number of aliphatic carboxylic acids is 1. The summed E-state index contributed by atoms with van der Waals surface area (Å²) >= 11 is 0. The molecule has 130 valence electrons. The van der Waals surface area contributed by atoms with Crippen molar-refractivity contribution >= 4 is 5.97 Å². The predicted octanol–water partition coefficient (Wildman–Crippen LogP) is 4.05. The molecule has 0 amide bonds. The van der Waals surface area contributed by atoms with Gasteiger partial charge in [-0.25, -0.2) is 4.79 Å². The molecule has 1 aliphatic heterocycles. The van der Waals surface area contributed by atoms with Crippen molar-refractivity contribution in [3.8, 4) is 0 Å². The lowest BCUT2D eigenvalue weighted by molar-refractivity contribution is -0.147. The Balaban J connectivity index is 2.28. The Kier molecular flexibility index (Phi) is 10.5. The number of hydrogen-bond acceptors (Lipinski definition) is 3. The van der Waals surface area contributed by atoms with Crippen LogP contribution >= 0.6 is 0 Å². The molecule has 4 heteroatoms. The van der Waals surface area contributed by atoms with Crippen LogP contribution in [0.4, 0.5) is 0 Å². The maximum absolute atomic E-state index is 11.8. The molecule has 4 nitrogen and oxygen atoms in total. The second-order valence-electron chi connectivity index (χ2n) is 6.70. The van der Waals surface area contributed by atoms with E-state index in [1.54, 1.807) is 0 Å². The van der Waals surface area contributed by atoms with Crippen LogP contribution in [0.2, 0.25) is 0 Å². The van der Waals surface area contributed by atoms with Crippen LogP contribution < -0.4 is 10.6 Å². The van der Waals surface area contributed by atoms with Crippen LogP contribution in [-0.4, -0.2) is 29.8 Å². The van der Waals surface area contributed by atoms with Gasteiger partial charge >= 0.3 is 5.97 Å². The van der Waals surface area contributed by atoms with E-state index in [0.29, 0.717) is 6.42 Å². The second-order valence-corrected chi connectivity index (χ2v) is 6.70. The minimum atomic E-state index is -0.896. The zero-order valence-electron chi connectivity index (χ0n) is 14.5. The predicted molar refractivity (Wildman–Crippen MR) is 92.1 cm³/mol. The first-order valence-electron chi connectivity index (χ1n) is 9.45. The number of carboxylic acid groups (broad SMARTS) is 1. The van der Waals surface area contributed by atoms with Crippen LogP contribution in [0, 0.1) is 0 Å². The molecular weight excluding hydrogens is 276 g/mol. The van der Waals surface area contributed by atoms with Crippen molar-refractivity contribution in [1.29, 1.82) is 0 Å². The van der Waals surface area contributed by atoms with Crippen LogP contribution in [0.15, 0.2) is 0 Å². The summed E-state index contributed by atoms with van der Waals surface area (Å²) in [5.74, 6) is -0.739. The summed E-state index contributed by atoms with van der Waals surface area (Å²) in [5, 5.41) is 16.2. The number of unbranched alkanes of at least 4 members (excludes halogenated alkanes) is 7. The molecule has 0 spiro atoms. The first-order chi connectivity index (χ1) is 10.7. The zero-order valence-corrected chi connectivity index (χ0v) is 14.5. The van der Waals surface area contributed by atoms with E-state index < -0.39 is 11.6 Å². The quantitative estimate of drug-likeness (QED) is 0.533. The Morgan fingerprint density at radius 1 is 0.864 bits per heavy atom. The van der Waals surface area contributed by atoms with Gasteiger partial charge in [-0.05, 0) is 38.8 Å². The highest BCUT2D eigenvalue weighted by molar-refractivity contribution is 5.78. The standard InChI is InChI=1S/C18H36N2O2/c1-2-3-4-5-6-7-8-11-14-18(17(21)22)19-15-12-9-10-13-16-20-18/h19-20H,2-16H2,1H3,(H,21,22). The van der Waals surface area contributed by atoms with E-state index in [0.717, 1.165) is 38.8 Å². The largest absolute Gasteiger partial charge is 0.479 e. The van der Waals surface area contributed by atoms with Crippen molar-refractivity contribution in [3.63, 3.8) is 0 Å². The van der Waals surface area contributed by atoms with Crippen LogP contribution in [0.1, 0.15) is 90.4 Å². The molecule has 0 aliphatic carbocycles. The topological polar surface area (TPSA) is 61.4 Å². The summed E-state index contributed by atoms with van der Waals surface area (Å²) in [6, 6.07) is 0. The minimum absolute atomic E-state index is 0.692. The molecule has 0 atom stereocenters. The molecule has 1 rings (SSSR count). The molecular formula is C18H36N2O2. The number of hydrogen-bond donors (Lipinski definition) is 3. The first-order valence-corrected chi connectivity index (χ1v) is 9.45. The van der Waals surface area contributed by atoms with Gasteiger partial charge in [-0.1, -0.05) is 64.7 Å². The van der Waals surface area contributed by atoms with E-state index in [4.69, 9.17) is 0 Å². The highest BCUT2D eigenvalue weighted by Crippen LogP contribution is 2.17. The highest BCUT2D eigenvalue weighted by Gasteiger charge is 2.36. The Hall–Kier alpha value is -0.610. The normalized spacial score (nSPS) is 19.1. The maximum atomic E-state index is 11.8. The monoisotopic (exact) mass is 312 g/mol. The molecule has 22 heavy (non-hydrogen) atoms. The van der Waals surface area contributed by atoms with Gasteiger partial charge < -0.3 is 5.11 Å². The molecule has 0 aromatic rings. The summed E-state index contributed by atoms with van der Waals surface area (Å²) in [5.41, 5.74) is -0.896. The van der Waals surface area contributed by atoms with E-state index in [-0.39, 0.29) is 0 Å². The maximum Gasteiger partial charge on any atom is 0.338 e. The van der Waals surface area contributed by atoms with Gasteiger partial charge in [0.2, 0.25) is 0 Å². The van der Waals surface area contributed by atoms with Gasteiger partial charge in [0.15, 0.2) is 5.66 Å². The minimum Gasteiger partial charge on any atom is -0.479 e. The van der Waals surface area contributed by atoms with Gasteiger partial charge in [-0.15, -0.1) is 0 Å². The first kappa shape index (κ1) is 19.4. The Morgan fingerprint density at radius 2 is 1.36 bits per heavy atom. The summed E-state index contributed by atoms with van der Waals surface area (Å²) in [6.45, 7) is 3.84. The fourth-order valence-corrected chi connectivity index (χ4v) is 3.23. The fraction of sp³-hybridized carbons (Fsp3) is 0.944. The van der Waals surface area contributed by atoms with Crippen molar-refractivity contribution in [2.45, 2.75) is 96.1 Å². The van der Waals surface area contributed by atoms with Gasteiger partial charge in [0, 0.05) is 0 Å². The number of carboxylic acids is 1. The Bertz CT molecular complexity index is 285. The average Bonchev–Trinajstić information content (AvgIpc) is 2.62. The second kappa shape index (κ2) is 11.9. The van der Waals surface area contributed by atoms with E-state index in [1.165, 1.54) is 51.4 Å². The van der Waals surface area contributed by atoms with Gasteiger partial charge in [-0.3, -0.25) is 10.6 Å². The van der Waals surface area contributed by atoms with Crippen LogP contribution in [-0.2, 0) is 4.79 Å². The van der Waals surface area contributed by atoms with Crippen LogP contribution in [0.5, 0.6) is 0 Å². The third kappa shape index (κ3) is 7.59. The molecule has 0 bridgehead atoms. The van der Waals surface area contributed by atoms with E-state index in [9.17, 15) is 9.90 Å². The van der Waals surface area contributed by atoms with Crippen molar-refractivity contribution in [1.82, 2.24) is 10.6 Å². The summed E-state index contributed by atoms with van der Waals surface area (Å²) in [4.78, 5) is 11.8. The molecule has 3 N–H and O–H groups in total. The number of carbonyl (C=O) groups is 1. The van der Waals surface area contributed by atoms with Crippen molar-refractivity contribution in [3.05, 3.63) is 0 Å². The van der Waals surface area contributed by atoms with Crippen LogP contribution in [0.25, 0.3) is 0 Å². The zero-order chi connectivity index (χ0) is 16.1. The Morgan fingerprint density at radius 3 is 1.86 bits per heavy atom. The lowest BCUT2D eigenvalue weighted by Crippen LogP contribution is -2.62. The molecule has 1 aliphatic rings. The van der Waals surface area contributed by atoms with Crippen molar-refractivity contribution in [2.75, 3.05) is 13.1 Å². The third-order valence-corrected chi connectivity index (χ3v) is 4.73. The average molecular weight is 312 g/mol. The lowest BCUT2D eigenvalue weighted by atomic mass is 9.99. The summed E-state index contributed by atoms with van der Waals surface area (Å²) in [7, 11) is 0. The highest BCUT2D eigenvalue weighted by atomic mass is 16.4. The van der Waals surface area contributed by atoms with E-state index in [2.05, 4.69) is 17.6 Å². The lowest BCUT2D eigenvalue weighted by Gasteiger charge is -2.31. The number of nitrogens with one attached hydrogen (secondary N) is 2. The van der Waals surface area contributed by atoms with Crippen molar-refractivity contribution in [2.24, 2.45) is 0 Å². The van der Waals surface area contributed by atoms with Crippen LogP contribution in [0.3, 0.4) is 0 Å². The molecule has 0 radical (unpaired) electrons.